The molecule has 1 fully saturated rings. The maximum Gasteiger partial charge on any atom is 0.0397 e. The van der Waals surface area contributed by atoms with Crippen molar-refractivity contribution in [2.75, 3.05) is 18.0 Å². The normalized spacial score (nSPS) is 26.9. The first-order valence-corrected chi connectivity index (χ1v) is 5.17. The van der Waals surface area contributed by atoms with Crippen LogP contribution in [0.5, 0.6) is 0 Å². The first-order valence-electron chi connectivity index (χ1n) is 5.17. The van der Waals surface area contributed by atoms with E-state index in [-0.39, 0.29) is 5.54 Å². The van der Waals surface area contributed by atoms with E-state index in [0.29, 0.717) is 0 Å². The summed E-state index contributed by atoms with van der Waals surface area (Å²) in [7, 11) is 0. The van der Waals surface area contributed by atoms with Crippen molar-refractivity contribution in [1.82, 2.24) is 4.98 Å². The summed E-state index contributed by atoms with van der Waals surface area (Å²) in [5.74, 6) is 0. The molecule has 1 aromatic rings. The van der Waals surface area contributed by atoms with Gasteiger partial charge in [0.05, 0.1) is 0 Å². The monoisotopic (exact) mass is 191 g/mol. The predicted molar refractivity (Wildman–Crippen MR) is 58.3 cm³/mol. The van der Waals surface area contributed by atoms with Crippen molar-refractivity contribution < 1.29 is 0 Å². The van der Waals surface area contributed by atoms with Gasteiger partial charge in [-0.3, -0.25) is 4.98 Å². The minimum Gasteiger partial charge on any atom is -0.370 e. The van der Waals surface area contributed by atoms with Crippen LogP contribution in [0, 0.1) is 0 Å². The van der Waals surface area contributed by atoms with Crippen molar-refractivity contribution in [1.29, 1.82) is 0 Å². The third-order valence-corrected chi connectivity index (χ3v) is 3.12. The first-order chi connectivity index (χ1) is 6.73. The Bertz CT molecular complexity index is 299. The molecule has 0 saturated carbocycles. The third kappa shape index (κ3) is 1.73. The molecule has 3 nitrogen and oxygen atoms in total. The van der Waals surface area contributed by atoms with Crippen molar-refractivity contribution >= 4 is 5.69 Å². The molecule has 2 N–H and O–H groups in total. The number of nitrogens with two attached hydrogens (primary N) is 1. The fourth-order valence-electron chi connectivity index (χ4n) is 1.96. The molecule has 1 aliphatic rings. The largest absolute Gasteiger partial charge is 0.370 e. The molecule has 2 heterocycles. The lowest BCUT2D eigenvalue weighted by Gasteiger charge is -2.23. The highest BCUT2D eigenvalue weighted by Crippen LogP contribution is 2.26. The summed E-state index contributed by atoms with van der Waals surface area (Å²) in [5.41, 5.74) is 7.48. The highest BCUT2D eigenvalue weighted by atomic mass is 15.2. The summed E-state index contributed by atoms with van der Waals surface area (Å²) in [6.45, 7) is 4.19. The fourth-order valence-corrected chi connectivity index (χ4v) is 1.96. The highest BCUT2D eigenvalue weighted by molar-refractivity contribution is 5.46. The molecule has 1 saturated heterocycles. The number of anilines is 1. The molecule has 3 heteroatoms. The molecule has 2 rings (SSSR count). The fraction of sp³-hybridized carbons (Fsp3) is 0.545. The van der Waals surface area contributed by atoms with Crippen LogP contribution in [0.25, 0.3) is 0 Å². The number of hydrogen-bond donors (Lipinski definition) is 1. The molecule has 0 aliphatic carbocycles. The average molecular weight is 191 g/mol. The van der Waals surface area contributed by atoms with Crippen molar-refractivity contribution in [3.05, 3.63) is 24.5 Å². The number of aromatic nitrogens is 1. The zero-order valence-corrected chi connectivity index (χ0v) is 8.61. The van der Waals surface area contributed by atoms with Crippen molar-refractivity contribution in [2.24, 2.45) is 5.73 Å². The lowest BCUT2D eigenvalue weighted by molar-refractivity contribution is 0.456. The standard InChI is InChI=1S/C11H17N3/c1-2-11(12)5-8-14(9-11)10-3-6-13-7-4-10/h3-4,6-7H,2,5,8-9,12H2,1H3. The number of nitrogens with zero attached hydrogens (tertiary/aromatic N) is 2. The van der Waals surface area contributed by atoms with Crippen LogP contribution < -0.4 is 10.6 Å². The van der Waals surface area contributed by atoms with E-state index in [1.165, 1.54) is 5.69 Å². The Hall–Kier alpha value is -1.09. The quantitative estimate of drug-likeness (QED) is 0.768. The van der Waals surface area contributed by atoms with E-state index in [0.717, 1.165) is 25.9 Å². The van der Waals surface area contributed by atoms with Crippen LogP contribution in [0.2, 0.25) is 0 Å². The predicted octanol–water partition coefficient (Wildman–Crippen LogP) is 1.40. The van der Waals surface area contributed by atoms with E-state index >= 15 is 0 Å². The van der Waals surface area contributed by atoms with Gasteiger partial charge in [-0.25, -0.2) is 0 Å². The molecule has 76 valence electrons. The van der Waals surface area contributed by atoms with Gasteiger partial charge in [0.15, 0.2) is 0 Å². The Kier molecular flexibility index (Phi) is 2.42. The van der Waals surface area contributed by atoms with Crippen LogP contribution >= 0.6 is 0 Å². The van der Waals surface area contributed by atoms with Gasteiger partial charge in [0, 0.05) is 36.7 Å². The SMILES string of the molecule is CCC1(N)CCN(c2ccncc2)C1. The second kappa shape index (κ2) is 3.58. The summed E-state index contributed by atoms with van der Waals surface area (Å²) in [6, 6.07) is 4.09. The minimum absolute atomic E-state index is 0.0171. The molecule has 1 atom stereocenters. The first kappa shape index (κ1) is 9.46. The Morgan fingerprint density at radius 1 is 1.50 bits per heavy atom. The van der Waals surface area contributed by atoms with E-state index in [2.05, 4.69) is 16.8 Å². The Morgan fingerprint density at radius 3 is 2.79 bits per heavy atom. The van der Waals surface area contributed by atoms with Gasteiger partial charge in [0.1, 0.15) is 0 Å². The van der Waals surface area contributed by atoms with E-state index in [9.17, 15) is 0 Å². The summed E-state index contributed by atoms with van der Waals surface area (Å²) in [5, 5.41) is 0. The van der Waals surface area contributed by atoms with Gasteiger partial charge in [0.2, 0.25) is 0 Å². The van der Waals surface area contributed by atoms with E-state index < -0.39 is 0 Å². The zero-order valence-electron chi connectivity index (χ0n) is 8.61. The van der Waals surface area contributed by atoms with Crippen molar-refractivity contribution in [3.63, 3.8) is 0 Å². The van der Waals surface area contributed by atoms with E-state index in [4.69, 9.17) is 5.73 Å². The zero-order chi connectivity index (χ0) is 10.0. The van der Waals surface area contributed by atoms with Gasteiger partial charge in [-0.05, 0) is 25.0 Å². The van der Waals surface area contributed by atoms with Crippen LogP contribution in [0.3, 0.4) is 0 Å². The number of pyridine rings is 1. The third-order valence-electron chi connectivity index (χ3n) is 3.12. The Balaban J connectivity index is 2.10. The topological polar surface area (TPSA) is 42.1 Å². The molecule has 0 radical (unpaired) electrons. The van der Waals surface area contributed by atoms with E-state index in [1.807, 2.05) is 24.5 Å². The van der Waals surface area contributed by atoms with Crippen molar-refractivity contribution in [2.45, 2.75) is 25.3 Å². The second-order valence-corrected chi connectivity index (χ2v) is 4.09. The summed E-state index contributed by atoms with van der Waals surface area (Å²) < 4.78 is 0. The van der Waals surface area contributed by atoms with Gasteiger partial charge in [-0.2, -0.15) is 0 Å². The Labute approximate surface area is 84.9 Å². The maximum absolute atomic E-state index is 6.23. The molecule has 0 amide bonds. The maximum atomic E-state index is 6.23. The summed E-state index contributed by atoms with van der Waals surface area (Å²) in [4.78, 5) is 6.35. The van der Waals surface area contributed by atoms with Gasteiger partial charge >= 0.3 is 0 Å². The van der Waals surface area contributed by atoms with Crippen LogP contribution in [0.4, 0.5) is 5.69 Å². The summed E-state index contributed by atoms with van der Waals surface area (Å²) >= 11 is 0. The molecule has 14 heavy (non-hydrogen) atoms. The molecule has 0 spiro atoms. The number of rotatable bonds is 2. The lowest BCUT2D eigenvalue weighted by Crippen LogP contribution is -2.41. The van der Waals surface area contributed by atoms with Crippen LogP contribution in [0.1, 0.15) is 19.8 Å². The lowest BCUT2D eigenvalue weighted by atomic mass is 9.97. The summed E-state index contributed by atoms with van der Waals surface area (Å²) in [6.07, 6.45) is 5.80. The van der Waals surface area contributed by atoms with Crippen LogP contribution in [-0.4, -0.2) is 23.6 Å². The van der Waals surface area contributed by atoms with Gasteiger partial charge in [-0.1, -0.05) is 6.92 Å². The smallest absolute Gasteiger partial charge is 0.0397 e. The van der Waals surface area contributed by atoms with Gasteiger partial charge in [0.25, 0.3) is 0 Å². The van der Waals surface area contributed by atoms with Gasteiger partial charge < -0.3 is 10.6 Å². The van der Waals surface area contributed by atoms with Crippen LogP contribution in [0.15, 0.2) is 24.5 Å². The van der Waals surface area contributed by atoms with E-state index in [1.54, 1.807) is 0 Å². The minimum atomic E-state index is 0.0171. The molecule has 1 aliphatic heterocycles. The number of hydrogen-bond acceptors (Lipinski definition) is 3. The molecular weight excluding hydrogens is 174 g/mol. The van der Waals surface area contributed by atoms with Crippen molar-refractivity contribution in [3.8, 4) is 0 Å². The Morgan fingerprint density at radius 2 is 2.21 bits per heavy atom. The highest BCUT2D eigenvalue weighted by Gasteiger charge is 2.32. The second-order valence-electron chi connectivity index (χ2n) is 4.09. The average Bonchev–Trinajstić information content (AvgIpc) is 2.63. The molecule has 1 unspecified atom stereocenters. The molecule has 0 bridgehead atoms. The van der Waals surface area contributed by atoms with Crippen LogP contribution in [-0.2, 0) is 0 Å². The molecule has 1 aromatic heterocycles. The molecule has 0 aromatic carbocycles. The van der Waals surface area contributed by atoms with Gasteiger partial charge in [-0.15, -0.1) is 0 Å². The molecular formula is C11H17N3.